The Morgan fingerprint density at radius 3 is 2.45 bits per heavy atom. The number of nitrogens with zero attached hydrogens (tertiary/aromatic N) is 1. The Bertz CT molecular complexity index is 619. The monoisotopic (exact) mass is 270 g/mol. The maximum atomic E-state index is 11.3. The van der Waals surface area contributed by atoms with Crippen LogP contribution in [-0.4, -0.2) is 31.4 Å². The van der Waals surface area contributed by atoms with Gasteiger partial charge in [-0.1, -0.05) is 36.4 Å². The Morgan fingerprint density at radius 2 is 1.80 bits per heavy atom. The van der Waals surface area contributed by atoms with Crippen LogP contribution >= 0.6 is 0 Å². The maximum Gasteiger partial charge on any atom is 0.224 e. The van der Waals surface area contributed by atoms with Crippen LogP contribution in [0.2, 0.25) is 0 Å². The van der Waals surface area contributed by atoms with Crippen molar-refractivity contribution in [1.82, 2.24) is 4.90 Å². The fraction of sp³-hybridized carbons (Fsp3) is 0.353. The second-order valence-electron chi connectivity index (χ2n) is 5.62. The molecule has 0 aliphatic carbocycles. The summed E-state index contributed by atoms with van der Waals surface area (Å²) in [6.45, 7) is 2.89. The van der Waals surface area contributed by atoms with Crippen LogP contribution in [0, 0.1) is 0 Å². The highest BCUT2D eigenvalue weighted by atomic mass is 16.1. The van der Waals surface area contributed by atoms with Crippen LogP contribution in [0.5, 0.6) is 0 Å². The molecule has 0 fully saturated rings. The summed E-state index contributed by atoms with van der Waals surface area (Å²) in [4.78, 5) is 13.4. The first kappa shape index (κ1) is 14.5. The SMILES string of the molecule is CC(C(N)=O)c1ccc2cc(CCN(C)C)ccc2c1. The number of likely N-dealkylation sites (N-methyl/N-ethyl adjacent to an activating group) is 1. The van der Waals surface area contributed by atoms with Gasteiger partial charge in [-0.15, -0.1) is 0 Å². The fourth-order valence-electron chi connectivity index (χ4n) is 2.26. The number of hydrogen-bond donors (Lipinski definition) is 1. The lowest BCUT2D eigenvalue weighted by Gasteiger charge is -2.11. The third-order valence-electron chi connectivity index (χ3n) is 3.70. The first-order valence-corrected chi connectivity index (χ1v) is 6.94. The number of nitrogens with two attached hydrogens (primary N) is 1. The van der Waals surface area contributed by atoms with E-state index in [-0.39, 0.29) is 11.8 Å². The average molecular weight is 270 g/mol. The highest BCUT2D eigenvalue weighted by Gasteiger charge is 2.11. The van der Waals surface area contributed by atoms with Gasteiger partial charge in [0.15, 0.2) is 0 Å². The molecule has 0 spiro atoms. The molecule has 1 unspecified atom stereocenters. The zero-order chi connectivity index (χ0) is 14.7. The predicted octanol–water partition coefficient (Wildman–Crippen LogP) is 2.53. The van der Waals surface area contributed by atoms with Crippen molar-refractivity contribution in [3.05, 3.63) is 47.5 Å². The molecule has 0 heterocycles. The molecule has 3 heteroatoms. The summed E-state index contributed by atoms with van der Waals surface area (Å²) >= 11 is 0. The lowest BCUT2D eigenvalue weighted by atomic mass is 9.96. The van der Waals surface area contributed by atoms with Crippen molar-refractivity contribution in [3.8, 4) is 0 Å². The van der Waals surface area contributed by atoms with E-state index in [4.69, 9.17) is 5.73 Å². The molecule has 0 aromatic heterocycles. The van der Waals surface area contributed by atoms with Gasteiger partial charge in [0.05, 0.1) is 5.92 Å². The lowest BCUT2D eigenvalue weighted by Crippen LogP contribution is -2.18. The van der Waals surface area contributed by atoms with Gasteiger partial charge in [0.25, 0.3) is 0 Å². The topological polar surface area (TPSA) is 46.3 Å². The summed E-state index contributed by atoms with van der Waals surface area (Å²) in [7, 11) is 4.16. The van der Waals surface area contributed by atoms with Crippen molar-refractivity contribution in [3.63, 3.8) is 0 Å². The van der Waals surface area contributed by atoms with E-state index in [0.717, 1.165) is 23.9 Å². The molecular weight excluding hydrogens is 248 g/mol. The van der Waals surface area contributed by atoms with Crippen LogP contribution in [0.4, 0.5) is 0 Å². The molecule has 3 nitrogen and oxygen atoms in total. The molecular formula is C17H22N2O. The molecule has 20 heavy (non-hydrogen) atoms. The van der Waals surface area contributed by atoms with E-state index < -0.39 is 0 Å². The average Bonchev–Trinajstić information content (AvgIpc) is 2.43. The van der Waals surface area contributed by atoms with Gasteiger partial charge in [0.2, 0.25) is 5.91 Å². The maximum absolute atomic E-state index is 11.3. The van der Waals surface area contributed by atoms with Gasteiger partial charge in [0, 0.05) is 6.54 Å². The van der Waals surface area contributed by atoms with E-state index in [1.165, 1.54) is 10.9 Å². The fourth-order valence-corrected chi connectivity index (χ4v) is 2.26. The third-order valence-corrected chi connectivity index (χ3v) is 3.70. The van der Waals surface area contributed by atoms with Gasteiger partial charge in [-0.25, -0.2) is 0 Å². The normalized spacial score (nSPS) is 12.8. The minimum atomic E-state index is -0.285. The first-order chi connectivity index (χ1) is 9.47. The zero-order valence-electron chi connectivity index (χ0n) is 12.4. The van der Waals surface area contributed by atoms with E-state index in [0.29, 0.717) is 0 Å². The molecule has 0 bridgehead atoms. The molecule has 0 aliphatic rings. The van der Waals surface area contributed by atoms with E-state index in [1.807, 2.05) is 13.0 Å². The molecule has 1 atom stereocenters. The lowest BCUT2D eigenvalue weighted by molar-refractivity contribution is -0.119. The van der Waals surface area contributed by atoms with Crippen molar-refractivity contribution in [2.45, 2.75) is 19.3 Å². The highest BCUT2D eigenvalue weighted by Crippen LogP contribution is 2.22. The van der Waals surface area contributed by atoms with Crippen molar-refractivity contribution < 1.29 is 4.79 Å². The number of carbonyl (C=O) groups is 1. The van der Waals surface area contributed by atoms with Crippen LogP contribution in [0.15, 0.2) is 36.4 Å². The number of hydrogen-bond acceptors (Lipinski definition) is 2. The minimum Gasteiger partial charge on any atom is -0.369 e. The van der Waals surface area contributed by atoms with Crippen molar-refractivity contribution in [1.29, 1.82) is 0 Å². The summed E-state index contributed by atoms with van der Waals surface area (Å²) in [5.74, 6) is -0.528. The predicted molar refractivity (Wildman–Crippen MR) is 83.8 cm³/mol. The van der Waals surface area contributed by atoms with E-state index >= 15 is 0 Å². The van der Waals surface area contributed by atoms with Gasteiger partial charge in [-0.05, 0) is 49.3 Å². The number of amides is 1. The smallest absolute Gasteiger partial charge is 0.224 e. The zero-order valence-corrected chi connectivity index (χ0v) is 12.4. The Kier molecular flexibility index (Phi) is 4.40. The van der Waals surface area contributed by atoms with Gasteiger partial charge in [-0.2, -0.15) is 0 Å². The molecule has 0 radical (unpaired) electrons. The number of carbonyl (C=O) groups excluding carboxylic acids is 1. The van der Waals surface area contributed by atoms with Gasteiger partial charge >= 0.3 is 0 Å². The summed E-state index contributed by atoms with van der Waals surface area (Å²) < 4.78 is 0. The van der Waals surface area contributed by atoms with E-state index in [2.05, 4.69) is 49.3 Å². The molecule has 0 saturated carbocycles. The van der Waals surface area contributed by atoms with Gasteiger partial charge in [0.1, 0.15) is 0 Å². The second-order valence-corrected chi connectivity index (χ2v) is 5.62. The van der Waals surface area contributed by atoms with Crippen LogP contribution in [0.1, 0.15) is 24.0 Å². The summed E-state index contributed by atoms with van der Waals surface area (Å²) in [5.41, 5.74) is 7.67. The Morgan fingerprint density at radius 1 is 1.15 bits per heavy atom. The minimum absolute atomic E-state index is 0.243. The molecule has 2 rings (SSSR count). The van der Waals surface area contributed by atoms with E-state index in [9.17, 15) is 4.79 Å². The van der Waals surface area contributed by atoms with Gasteiger partial charge < -0.3 is 10.6 Å². The molecule has 1 amide bonds. The molecule has 2 N–H and O–H groups in total. The molecule has 106 valence electrons. The largest absolute Gasteiger partial charge is 0.369 e. The standard InChI is InChI=1S/C17H22N2O/c1-12(17(18)20)14-6-7-15-10-13(8-9-19(2)3)4-5-16(15)11-14/h4-7,10-12H,8-9H2,1-3H3,(H2,18,20). The summed E-state index contributed by atoms with van der Waals surface area (Å²) in [6, 6.07) is 12.6. The number of primary amides is 1. The molecule has 2 aromatic rings. The van der Waals surface area contributed by atoms with Crippen molar-refractivity contribution >= 4 is 16.7 Å². The second kappa shape index (κ2) is 6.06. The van der Waals surface area contributed by atoms with Crippen molar-refractivity contribution in [2.24, 2.45) is 5.73 Å². The highest BCUT2D eigenvalue weighted by molar-refractivity contribution is 5.87. The van der Waals surface area contributed by atoms with Crippen LogP contribution in [-0.2, 0) is 11.2 Å². The van der Waals surface area contributed by atoms with Crippen molar-refractivity contribution in [2.75, 3.05) is 20.6 Å². The third kappa shape index (κ3) is 3.36. The Hall–Kier alpha value is -1.87. The number of rotatable bonds is 5. The van der Waals surface area contributed by atoms with Crippen LogP contribution < -0.4 is 5.73 Å². The van der Waals surface area contributed by atoms with Crippen LogP contribution in [0.25, 0.3) is 10.8 Å². The Balaban J connectivity index is 2.27. The Labute approximate surface area is 120 Å². The van der Waals surface area contributed by atoms with Gasteiger partial charge in [-0.3, -0.25) is 4.79 Å². The number of fused-ring (bicyclic) bond motifs is 1. The molecule has 0 aliphatic heterocycles. The molecule has 2 aromatic carbocycles. The van der Waals surface area contributed by atoms with Crippen LogP contribution in [0.3, 0.4) is 0 Å². The summed E-state index contributed by atoms with van der Waals surface area (Å²) in [5, 5.41) is 2.37. The first-order valence-electron chi connectivity index (χ1n) is 6.94. The quantitative estimate of drug-likeness (QED) is 0.907. The van der Waals surface area contributed by atoms with E-state index in [1.54, 1.807) is 0 Å². The summed E-state index contributed by atoms with van der Waals surface area (Å²) in [6.07, 6.45) is 1.04. The molecule has 0 saturated heterocycles. The number of benzene rings is 2.